The highest BCUT2D eigenvalue weighted by molar-refractivity contribution is 5.79. The Morgan fingerprint density at radius 1 is 1.25 bits per heavy atom. The van der Waals surface area contributed by atoms with Crippen molar-refractivity contribution in [3.63, 3.8) is 0 Å². The summed E-state index contributed by atoms with van der Waals surface area (Å²) >= 11 is 0. The largest absolute Gasteiger partial charge is 0.496 e. The Morgan fingerprint density at radius 3 is 2.84 bits per heavy atom. The van der Waals surface area contributed by atoms with Crippen LogP contribution in [0, 0.1) is 5.92 Å². The van der Waals surface area contributed by atoms with E-state index >= 15 is 0 Å². The first-order chi connectivity index (χ1) is 15.7. The molecule has 0 radical (unpaired) electrons. The smallest absolute Gasteiger partial charge is 0.223 e. The van der Waals surface area contributed by atoms with E-state index in [1.54, 1.807) is 11.8 Å². The van der Waals surface area contributed by atoms with E-state index in [1.807, 2.05) is 30.5 Å². The van der Waals surface area contributed by atoms with Crippen molar-refractivity contribution in [1.29, 1.82) is 0 Å². The average molecular weight is 445 g/mol. The van der Waals surface area contributed by atoms with E-state index in [2.05, 4.69) is 15.6 Å². The summed E-state index contributed by atoms with van der Waals surface area (Å²) in [6, 6.07) is 7.56. The monoisotopic (exact) mass is 444 g/mol. The molecule has 3 heterocycles. The van der Waals surface area contributed by atoms with E-state index in [0.29, 0.717) is 19.8 Å². The first kappa shape index (κ1) is 22.7. The van der Waals surface area contributed by atoms with Crippen molar-refractivity contribution < 1.29 is 24.1 Å². The molecule has 2 aliphatic heterocycles. The van der Waals surface area contributed by atoms with Crippen LogP contribution in [0.15, 0.2) is 30.5 Å². The van der Waals surface area contributed by atoms with E-state index in [4.69, 9.17) is 14.2 Å². The van der Waals surface area contributed by atoms with Crippen LogP contribution in [0.2, 0.25) is 0 Å². The number of benzene rings is 1. The molecular weight excluding hydrogens is 412 g/mol. The number of nitrogens with zero attached hydrogens (tertiary/aromatic N) is 3. The topological polar surface area (TPSA) is 108 Å². The lowest BCUT2D eigenvalue weighted by atomic mass is 9.94. The van der Waals surface area contributed by atoms with Crippen LogP contribution >= 0.6 is 0 Å². The van der Waals surface area contributed by atoms with Gasteiger partial charge in [-0.15, -0.1) is 5.10 Å². The Hall–Kier alpha value is -2.49. The van der Waals surface area contributed by atoms with Crippen molar-refractivity contribution in [2.45, 2.75) is 56.9 Å². The minimum absolute atomic E-state index is 0.00212. The zero-order valence-electron chi connectivity index (χ0n) is 18.5. The number of nitrogens with one attached hydrogen (secondary N) is 1. The van der Waals surface area contributed by atoms with Gasteiger partial charge in [-0.3, -0.25) is 9.48 Å². The minimum Gasteiger partial charge on any atom is -0.496 e. The quantitative estimate of drug-likeness (QED) is 0.639. The summed E-state index contributed by atoms with van der Waals surface area (Å²) in [6.45, 7) is 1.80. The fraction of sp³-hybridized carbons (Fsp3) is 0.609. The maximum absolute atomic E-state index is 12.6. The number of aliphatic hydroxyl groups is 1. The number of methoxy groups -OCH3 is 1. The van der Waals surface area contributed by atoms with Gasteiger partial charge in [-0.1, -0.05) is 17.3 Å². The normalized spacial score (nSPS) is 24.2. The lowest BCUT2D eigenvalue weighted by Gasteiger charge is -2.37. The lowest BCUT2D eigenvalue weighted by Crippen LogP contribution is -2.52. The van der Waals surface area contributed by atoms with Crippen LogP contribution in [0.5, 0.6) is 5.75 Å². The highest BCUT2D eigenvalue weighted by Gasteiger charge is 2.33. The van der Waals surface area contributed by atoms with Gasteiger partial charge >= 0.3 is 0 Å². The number of amides is 1. The van der Waals surface area contributed by atoms with Crippen LogP contribution in [-0.2, 0) is 20.8 Å². The summed E-state index contributed by atoms with van der Waals surface area (Å²) in [5.74, 6) is 0.797. The number of aliphatic hydroxyl groups excluding tert-OH is 1. The van der Waals surface area contributed by atoms with Crippen LogP contribution in [0.1, 0.15) is 32.1 Å². The molecule has 1 aromatic carbocycles. The second kappa shape index (κ2) is 10.9. The molecule has 1 aromatic heterocycles. The Morgan fingerprint density at radius 2 is 2.06 bits per heavy atom. The zero-order chi connectivity index (χ0) is 22.3. The van der Waals surface area contributed by atoms with Crippen molar-refractivity contribution in [3.8, 4) is 17.0 Å². The maximum Gasteiger partial charge on any atom is 0.223 e. The van der Waals surface area contributed by atoms with Gasteiger partial charge in [0.15, 0.2) is 0 Å². The molecule has 0 spiro atoms. The van der Waals surface area contributed by atoms with Crippen LogP contribution in [-0.4, -0.2) is 71.2 Å². The van der Waals surface area contributed by atoms with E-state index in [-0.39, 0.29) is 30.6 Å². The summed E-state index contributed by atoms with van der Waals surface area (Å²) in [5.41, 5.74) is 1.66. The number of carbonyl (C=O) groups is 1. The number of aromatic nitrogens is 3. The average Bonchev–Trinajstić information content (AvgIpc) is 3.32. The summed E-state index contributed by atoms with van der Waals surface area (Å²) < 4.78 is 18.7. The standard InChI is InChI=1S/C23H32N4O5/c1-30-21-5-3-2-4-18(21)20-14-27(26-25-20)11-8-17-6-7-19(22(15-28)32-17)24-23(29)16-9-12-31-13-10-16/h2-5,14,16-17,19,22,28H,6-13,15H2,1H3,(H,24,29)/t17-,19-,22-/m0/s1. The number of carbonyl (C=O) groups excluding carboxylic acids is 1. The van der Waals surface area contributed by atoms with Gasteiger partial charge in [-0.2, -0.15) is 0 Å². The third-order valence-electron chi connectivity index (χ3n) is 6.32. The fourth-order valence-electron chi connectivity index (χ4n) is 4.43. The third kappa shape index (κ3) is 5.46. The van der Waals surface area contributed by atoms with Gasteiger partial charge in [-0.05, 0) is 44.2 Å². The maximum atomic E-state index is 12.6. The Kier molecular flexibility index (Phi) is 7.72. The number of para-hydroxylation sites is 1. The second-order valence-corrected chi connectivity index (χ2v) is 8.41. The van der Waals surface area contributed by atoms with Crippen LogP contribution < -0.4 is 10.1 Å². The highest BCUT2D eigenvalue weighted by atomic mass is 16.5. The van der Waals surface area contributed by atoms with Crippen molar-refractivity contribution in [2.24, 2.45) is 5.92 Å². The molecule has 1 amide bonds. The van der Waals surface area contributed by atoms with E-state index < -0.39 is 6.10 Å². The predicted octanol–water partition coefficient (Wildman–Crippen LogP) is 1.80. The second-order valence-electron chi connectivity index (χ2n) is 8.41. The molecule has 174 valence electrons. The number of hydrogen-bond donors (Lipinski definition) is 2. The van der Waals surface area contributed by atoms with E-state index in [1.165, 1.54) is 0 Å². The molecule has 2 aromatic rings. The molecule has 9 heteroatoms. The Balaban J connectivity index is 1.28. The predicted molar refractivity (Wildman–Crippen MR) is 117 cm³/mol. The first-order valence-corrected chi connectivity index (χ1v) is 11.4. The highest BCUT2D eigenvalue weighted by Crippen LogP contribution is 2.28. The fourth-order valence-corrected chi connectivity index (χ4v) is 4.43. The summed E-state index contributed by atoms with van der Waals surface area (Å²) in [7, 11) is 1.64. The minimum atomic E-state index is -0.391. The summed E-state index contributed by atoms with van der Waals surface area (Å²) in [6.07, 6.45) is 5.38. The Labute approximate surface area is 188 Å². The summed E-state index contributed by atoms with van der Waals surface area (Å²) in [5, 5.41) is 21.4. The lowest BCUT2D eigenvalue weighted by molar-refractivity contribution is -0.134. The molecule has 0 unspecified atom stereocenters. The van der Waals surface area contributed by atoms with Gasteiger partial charge in [0.1, 0.15) is 17.5 Å². The molecule has 2 fully saturated rings. The number of aryl methyl sites for hydroxylation is 1. The third-order valence-corrected chi connectivity index (χ3v) is 6.32. The molecule has 0 saturated carbocycles. The van der Waals surface area contributed by atoms with Crippen molar-refractivity contribution in [1.82, 2.24) is 20.3 Å². The first-order valence-electron chi connectivity index (χ1n) is 11.4. The van der Waals surface area contributed by atoms with Gasteiger partial charge < -0.3 is 24.6 Å². The molecule has 2 N–H and O–H groups in total. The molecule has 2 aliphatic rings. The zero-order valence-corrected chi connectivity index (χ0v) is 18.5. The molecule has 0 aliphatic carbocycles. The summed E-state index contributed by atoms with van der Waals surface area (Å²) in [4.78, 5) is 12.6. The van der Waals surface area contributed by atoms with Gasteiger partial charge in [0.25, 0.3) is 0 Å². The molecular formula is C23H32N4O5. The van der Waals surface area contributed by atoms with Crippen LogP contribution in [0.25, 0.3) is 11.3 Å². The molecule has 4 rings (SSSR count). The van der Waals surface area contributed by atoms with Crippen molar-refractivity contribution in [3.05, 3.63) is 30.5 Å². The van der Waals surface area contributed by atoms with Crippen molar-refractivity contribution in [2.75, 3.05) is 26.9 Å². The molecule has 3 atom stereocenters. The number of ether oxygens (including phenoxy) is 3. The molecule has 9 nitrogen and oxygen atoms in total. The van der Waals surface area contributed by atoms with Gasteiger partial charge in [-0.25, -0.2) is 0 Å². The van der Waals surface area contributed by atoms with Gasteiger partial charge in [0.2, 0.25) is 5.91 Å². The van der Waals surface area contributed by atoms with E-state index in [9.17, 15) is 9.90 Å². The van der Waals surface area contributed by atoms with Crippen LogP contribution in [0.3, 0.4) is 0 Å². The SMILES string of the molecule is COc1ccccc1-c1cn(CC[C@@H]2CC[C@H](NC(=O)C3CCOCC3)[C@H](CO)O2)nn1. The van der Waals surface area contributed by atoms with Gasteiger partial charge in [0, 0.05) is 31.2 Å². The molecule has 0 bridgehead atoms. The Bertz CT molecular complexity index is 883. The van der Waals surface area contributed by atoms with E-state index in [0.717, 1.165) is 49.1 Å². The molecule has 32 heavy (non-hydrogen) atoms. The van der Waals surface area contributed by atoms with Crippen LogP contribution in [0.4, 0.5) is 0 Å². The van der Waals surface area contributed by atoms with Crippen molar-refractivity contribution >= 4 is 5.91 Å². The molecule has 2 saturated heterocycles. The number of rotatable bonds is 8. The van der Waals surface area contributed by atoms with Gasteiger partial charge in [0.05, 0.1) is 32.1 Å². The number of hydrogen-bond acceptors (Lipinski definition) is 7.